The number of nitrogens with one attached hydrogen (secondary N) is 2. The van der Waals surface area contributed by atoms with E-state index in [1.54, 1.807) is 42.5 Å². The molecule has 1 saturated heterocycles. The summed E-state index contributed by atoms with van der Waals surface area (Å²) in [6.07, 6.45) is 4.70. The minimum atomic E-state index is -3.77. The van der Waals surface area contributed by atoms with E-state index in [1.165, 1.54) is 19.3 Å². The Morgan fingerprint density at radius 3 is 2.54 bits per heavy atom. The van der Waals surface area contributed by atoms with Crippen LogP contribution in [0.15, 0.2) is 47.4 Å². The van der Waals surface area contributed by atoms with Crippen LogP contribution < -0.4 is 4.72 Å². The van der Waals surface area contributed by atoms with Crippen molar-refractivity contribution in [3.05, 3.63) is 58.6 Å². The molecule has 0 aromatic heterocycles. The summed E-state index contributed by atoms with van der Waals surface area (Å²) in [5.41, 5.74) is 2.13. The van der Waals surface area contributed by atoms with Crippen LogP contribution in [0.25, 0.3) is 0 Å². The van der Waals surface area contributed by atoms with E-state index in [0.717, 1.165) is 25.1 Å². The van der Waals surface area contributed by atoms with Gasteiger partial charge in [0.1, 0.15) is 5.84 Å². The first-order chi connectivity index (χ1) is 13.3. The second-order valence-corrected chi connectivity index (χ2v) is 10.0. The average molecular weight is 418 g/mol. The van der Waals surface area contributed by atoms with Crippen LogP contribution in [-0.4, -0.2) is 32.2 Å². The first kappa shape index (κ1) is 19.3. The van der Waals surface area contributed by atoms with Crippen molar-refractivity contribution in [3.8, 4) is 0 Å². The molecule has 7 heteroatoms. The van der Waals surface area contributed by atoms with Crippen molar-refractivity contribution >= 4 is 33.1 Å². The summed E-state index contributed by atoms with van der Waals surface area (Å²) < 4.78 is 28.3. The lowest BCUT2D eigenvalue weighted by Gasteiger charge is -2.35. The second-order valence-electron chi connectivity index (χ2n) is 7.95. The number of benzene rings is 2. The van der Waals surface area contributed by atoms with Crippen LogP contribution in [0.2, 0.25) is 5.02 Å². The van der Waals surface area contributed by atoms with Crippen LogP contribution in [0.3, 0.4) is 0 Å². The molecule has 0 amide bonds. The normalized spacial score (nSPS) is 18.1. The van der Waals surface area contributed by atoms with Gasteiger partial charge in [-0.25, -0.2) is 8.42 Å². The summed E-state index contributed by atoms with van der Waals surface area (Å²) in [5.74, 6) is 0.290. The van der Waals surface area contributed by atoms with Gasteiger partial charge in [0.2, 0.25) is 0 Å². The summed E-state index contributed by atoms with van der Waals surface area (Å²) in [5, 5.41) is 9.14. The SMILES string of the molecule is Cc1ccc(S(=O)(=O)Nc2cccc(Cl)c2C(=N)N2CCCC3(CC3)C2)cc1. The standard InChI is InChI=1S/C21H24ClN3O2S/c1-15-6-8-16(9-7-15)28(26,27)24-18-5-2-4-17(22)19(18)20(23)25-13-3-10-21(14-25)11-12-21/h2,4-9,23-24H,3,10-14H2,1H3. The number of rotatable bonds is 4. The van der Waals surface area contributed by atoms with Gasteiger partial charge >= 0.3 is 0 Å². The zero-order valence-electron chi connectivity index (χ0n) is 15.8. The number of hydrogen-bond donors (Lipinski definition) is 2. The van der Waals surface area contributed by atoms with Gasteiger partial charge in [-0.05, 0) is 62.3 Å². The third kappa shape index (κ3) is 3.76. The van der Waals surface area contributed by atoms with Gasteiger partial charge in [-0.1, -0.05) is 35.4 Å². The van der Waals surface area contributed by atoms with Gasteiger partial charge in [0.25, 0.3) is 10.0 Å². The molecule has 2 fully saturated rings. The quantitative estimate of drug-likeness (QED) is 0.561. The number of sulfonamides is 1. The lowest BCUT2D eigenvalue weighted by molar-refractivity contribution is 0.240. The Hall–Kier alpha value is -2.05. The fourth-order valence-corrected chi connectivity index (χ4v) is 5.25. The summed E-state index contributed by atoms with van der Waals surface area (Å²) in [6.45, 7) is 3.56. The Morgan fingerprint density at radius 1 is 1.14 bits per heavy atom. The smallest absolute Gasteiger partial charge is 0.261 e. The van der Waals surface area contributed by atoms with Crippen LogP contribution in [0.1, 0.15) is 36.8 Å². The molecule has 0 radical (unpaired) electrons. The van der Waals surface area contributed by atoms with Crippen LogP contribution in [0, 0.1) is 17.7 Å². The highest BCUT2D eigenvalue weighted by Gasteiger charge is 2.46. The third-order valence-electron chi connectivity index (χ3n) is 5.76. The monoisotopic (exact) mass is 417 g/mol. The Kier molecular flexibility index (Phi) is 4.88. The average Bonchev–Trinajstić information content (AvgIpc) is 3.40. The van der Waals surface area contributed by atoms with E-state index in [1.807, 2.05) is 11.8 Å². The Morgan fingerprint density at radius 2 is 1.86 bits per heavy atom. The molecular weight excluding hydrogens is 394 g/mol. The molecule has 1 saturated carbocycles. The first-order valence-corrected chi connectivity index (χ1v) is 11.4. The van der Waals surface area contributed by atoms with Crippen molar-refractivity contribution in [2.75, 3.05) is 17.8 Å². The molecule has 1 aliphatic heterocycles. The van der Waals surface area contributed by atoms with E-state index in [4.69, 9.17) is 17.0 Å². The third-order valence-corrected chi connectivity index (χ3v) is 7.46. The topological polar surface area (TPSA) is 73.3 Å². The molecule has 148 valence electrons. The number of nitrogens with zero attached hydrogens (tertiary/aromatic N) is 1. The van der Waals surface area contributed by atoms with Gasteiger partial charge < -0.3 is 4.90 Å². The minimum absolute atomic E-state index is 0.186. The van der Waals surface area contributed by atoms with Crippen molar-refractivity contribution < 1.29 is 8.42 Å². The maximum absolute atomic E-state index is 12.9. The highest BCUT2D eigenvalue weighted by atomic mass is 35.5. The molecule has 2 aliphatic rings. The van der Waals surface area contributed by atoms with Crippen molar-refractivity contribution in [1.82, 2.24) is 4.90 Å². The molecule has 2 aromatic rings. The van der Waals surface area contributed by atoms with Gasteiger partial charge in [-0.3, -0.25) is 10.1 Å². The Bertz CT molecular complexity index is 1010. The van der Waals surface area contributed by atoms with Crippen LogP contribution >= 0.6 is 11.6 Å². The molecule has 0 unspecified atom stereocenters. The van der Waals surface area contributed by atoms with Crippen LogP contribution in [-0.2, 0) is 10.0 Å². The summed E-state index contributed by atoms with van der Waals surface area (Å²) >= 11 is 6.42. The number of aryl methyl sites for hydroxylation is 1. The van der Waals surface area contributed by atoms with Gasteiger partial charge in [-0.2, -0.15) is 0 Å². The van der Waals surface area contributed by atoms with E-state index >= 15 is 0 Å². The van der Waals surface area contributed by atoms with Crippen LogP contribution in [0.4, 0.5) is 5.69 Å². The van der Waals surface area contributed by atoms with E-state index in [-0.39, 0.29) is 10.7 Å². The molecule has 0 bridgehead atoms. The van der Waals surface area contributed by atoms with E-state index in [2.05, 4.69) is 4.72 Å². The van der Waals surface area contributed by atoms with E-state index in [9.17, 15) is 8.42 Å². The molecule has 4 rings (SSSR count). The first-order valence-electron chi connectivity index (χ1n) is 9.52. The fourth-order valence-electron chi connectivity index (χ4n) is 3.91. The number of anilines is 1. The van der Waals surface area contributed by atoms with E-state index in [0.29, 0.717) is 21.7 Å². The maximum atomic E-state index is 12.9. The van der Waals surface area contributed by atoms with Gasteiger partial charge in [-0.15, -0.1) is 0 Å². The Labute approximate surface area is 171 Å². The van der Waals surface area contributed by atoms with Crippen molar-refractivity contribution in [2.45, 2.75) is 37.5 Å². The van der Waals surface area contributed by atoms with Gasteiger partial charge in [0, 0.05) is 13.1 Å². The molecule has 1 spiro atoms. The number of halogens is 1. The fraction of sp³-hybridized carbons (Fsp3) is 0.381. The molecule has 2 aromatic carbocycles. The van der Waals surface area contributed by atoms with Crippen molar-refractivity contribution in [3.63, 3.8) is 0 Å². The predicted octanol–water partition coefficient (Wildman–Crippen LogP) is 4.65. The number of amidine groups is 1. The highest BCUT2D eigenvalue weighted by molar-refractivity contribution is 7.92. The predicted molar refractivity (Wildman–Crippen MR) is 113 cm³/mol. The summed E-state index contributed by atoms with van der Waals surface area (Å²) in [7, 11) is -3.77. The number of likely N-dealkylation sites (tertiary alicyclic amines) is 1. The molecule has 28 heavy (non-hydrogen) atoms. The molecular formula is C21H24ClN3O2S. The summed E-state index contributed by atoms with van der Waals surface area (Å²) in [4.78, 5) is 2.23. The van der Waals surface area contributed by atoms with Crippen molar-refractivity contribution in [2.24, 2.45) is 5.41 Å². The number of hydrogen-bond acceptors (Lipinski definition) is 3. The highest BCUT2D eigenvalue weighted by Crippen LogP contribution is 2.52. The second kappa shape index (κ2) is 7.08. The zero-order valence-corrected chi connectivity index (χ0v) is 17.4. The molecule has 1 heterocycles. The maximum Gasteiger partial charge on any atom is 0.261 e. The van der Waals surface area contributed by atoms with E-state index < -0.39 is 10.0 Å². The number of piperidine rings is 1. The molecule has 5 nitrogen and oxygen atoms in total. The molecule has 0 atom stereocenters. The van der Waals surface area contributed by atoms with Gasteiger partial charge in [0.15, 0.2) is 0 Å². The lowest BCUT2D eigenvalue weighted by Crippen LogP contribution is -2.41. The lowest BCUT2D eigenvalue weighted by atomic mass is 9.94. The molecule has 1 aliphatic carbocycles. The van der Waals surface area contributed by atoms with Crippen LogP contribution in [0.5, 0.6) is 0 Å². The Balaban J connectivity index is 1.64. The van der Waals surface area contributed by atoms with Crippen molar-refractivity contribution in [1.29, 1.82) is 5.41 Å². The summed E-state index contributed by atoms with van der Waals surface area (Å²) in [6, 6.07) is 11.7. The minimum Gasteiger partial charge on any atom is -0.356 e. The largest absolute Gasteiger partial charge is 0.356 e. The van der Waals surface area contributed by atoms with Gasteiger partial charge in [0.05, 0.1) is 21.2 Å². The zero-order chi connectivity index (χ0) is 19.9. The molecule has 2 N–H and O–H groups in total.